The van der Waals surface area contributed by atoms with Gasteiger partial charge >= 0.3 is 5.97 Å². The second kappa shape index (κ2) is 12.0. The zero-order chi connectivity index (χ0) is 20.3. The Morgan fingerprint density at radius 3 is 2.11 bits per heavy atom. The van der Waals surface area contributed by atoms with E-state index >= 15 is 0 Å². The Morgan fingerprint density at radius 2 is 1.52 bits per heavy atom. The van der Waals surface area contributed by atoms with Gasteiger partial charge in [-0.2, -0.15) is 8.42 Å². The van der Waals surface area contributed by atoms with Crippen molar-refractivity contribution < 1.29 is 27.0 Å². The third-order valence-corrected chi connectivity index (χ3v) is 6.92. The van der Waals surface area contributed by atoms with Crippen LogP contribution in [0.2, 0.25) is 0 Å². The third-order valence-electron chi connectivity index (χ3n) is 5.60. The number of quaternary nitrogens is 1. The van der Waals surface area contributed by atoms with Gasteiger partial charge in [0.2, 0.25) is 0 Å². The molecule has 1 aliphatic rings. The molecule has 0 saturated heterocycles. The van der Waals surface area contributed by atoms with Gasteiger partial charge in [-0.1, -0.05) is 32.6 Å². The summed E-state index contributed by atoms with van der Waals surface area (Å²) in [5, 5.41) is -0.701. The van der Waals surface area contributed by atoms with E-state index in [0.29, 0.717) is 32.1 Å². The molecule has 0 amide bonds. The minimum absolute atomic E-state index is 0.190. The van der Waals surface area contributed by atoms with E-state index in [9.17, 15) is 13.2 Å². The molecule has 6 nitrogen and oxygen atoms in total. The molecule has 27 heavy (non-hydrogen) atoms. The molecule has 1 saturated carbocycles. The fourth-order valence-electron chi connectivity index (χ4n) is 3.78. The zero-order valence-electron chi connectivity index (χ0n) is 17.5. The van der Waals surface area contributed by atoms with Crippen molar-refractivity contribution in [3.63, 3.8) is 0 Å². The van der Waals surface area contributed by atoms with E-state index in [1.54, 1.807) is 0 Å². The highest BCUT2D eigenvalue weighted by Crippen LogP contribution is 2.26. The SMILES string of the molecule is CCCCCCCC[N+](C)(C)CCCC(=O)OC1CCC(S(=O)(=O)O)CC1. The van der Waals surface area contributed by atoms with Crippen LogP contribution in [-0.2, 0) is 19.6 Å². The molecule has 0 atom stereocenters. The first-order valence-electron chi connectivity index (χ1n) is 10.6. The summed E-state index contributed by atoms with van der Waals surface area (Å²) in [5.74, 6) is -0.190. The fraction of sp³-hybridized carbons (Fsp3) is 0.950. The summed E-state index contributed by atoms with van der Waals surface area (Å²) in [6.07, 6.45) is 10.5. The van der Waals surface area contributed by atoms with E-state index in [-0.39, 0.29) is 12.1 Å². The van der Waals surface area contributed by atoms with Crippen LogP contribution in [0, 0.1) is 0 Å². The van der Waals surface area contributed by atoms with Gasteiger partial charge in [0.15, 0.2) is 0 Å². The average molecular weight is 407 g/mol. The minimum atomic E-state index is -3.97. The van der Waals surface area contributed by atoms with Crippen LogP contribution in [-0.4, -0.2) is 62.0 Å². The maximum Gasteiger partial charge on any atom is 0.306 e. The number of nitrogens with zero attached hydrogens (tertiary/aromatic N) is 1. The number of ether oxygens (including phenoxy) is 1. The lowest BCUT2D eigenvalue weighted by atomic mass is 9.97. The highest BCUT2D eigenvalue weighted by Gasteiger charge is 2.31. The molecule has 0 aromatic carbocycles. The Labute approximate surface area is 166 Å². The van der Waals surface area contributed by atoms with Crippen molar-refractivity contribution in [1.82, 2.24) is 0 Å². The predicted octanol–water partition coefficient (Wildman–Crippen LogP) is 3.95. The van der Waals surface area contributed by atoms with Crippen molar-refractivity contribution in [2.75, 3.05) is 27.2 Å². The van der Waals surface area contributed by atoms with Crippen molar-refractivity contribution in [3.8, 4) is 0 Å². The van der Waals surface area contributed by atoms with Crippen LogP contribution >= 0.6 is 0 Å². The van der Waals surface area contributed by atoms with Crippen molar-refractivity contribution in [1.29, 1.82) is 0 Å². The molecular formula is C20H40NO5S+. The van der Waals surface area contributed by atoms with Crippen LogP contribution in [0.4, 0.5) is 0 Å². The summed E-state index contributed by atoms with van der Waals surface area (Å²) < 4.78 is 37.8. The highest BCUT2D eigenvalue weighted by molar-refractivity contribution is 7.86. The van der Waals surface area contributed by atoms with Crippen molar-refractivity contribution in [2.24, 2.45) is 0 Å². The van der Waals surface area contributed by atoms with Crippen molar-refractivity contribution >= 4 is 16.1 Å². The third kappa shape index (κ3) is 11.1. The van der Waals surface area contributed by atoms with Gasteiger partial charge in [0.05, 0.1) is 38.9 Å². The van der Waals surface area contributed by atoms with Crippen LogP contribution in [0.25, 0.3) is 0 Å². The van der Waals surface area contributed by atoms with E-state index in [4.69, 9.17) is 9.29 Å². The molecule has 0 aromatic heterocycles. The summed E-state index contributed by atoms with van der Waals surface area (Å²) in [7, 11) is 0.467. The van der Waals surface area contributed by atoms with Gasteiger partial charge in [0, 0.05) is 6.42 Å². The molecule has 0 radical (unpaired) electrons. The van der Waals surface area contributed by atoms with Crippen LogP contribution < -0.4 is 0 Å². The van der Waals surface area contributed by atoms with E-state index in [2.05, 4.69) is 21.0 Å². The molecule has 0 aliphatic heterocycles. The van der Waals surface area contributed by atoms with Gasteiger partial charge in [-0.05, 0) is 38.5 Å². The fourth-order valence-corrected chi connectivity index (χ4v) is 4.64. The number of carbonyl (C=O) groups excluding carboxylic acids is 1. The van der Waals surface area contributed by atoms with E-state index in [1.807, 2.05) is 0 Å². The van der Waals surface area contributed by atoms with Crippen molar-refractivity contribution in [2.45, 2.75) is 95.3 Å². The molecule has 0 unspecified atom stereocenters. The van der Waals surface area contributed by atoms with Gasteiger partial charge in [-0.25, -0.2) is 0 Å². The molecule has 0 heterocycles. The largest absolute Gasteiger partial charge is 0.462 e. The first-order chi connectivity index (χ1) is 12.6. The maximum absolute atomic E-state index is 12.0. The summed E-state index contributed by atoms with van der Waals surface area (Å²) in [6, 6.07) is 0. The Balaban J connectivity index is 2.14. The van der Waals surface area contributed by atoms with Crippen LogP contribution in [0.3, 0.4) is 0 Å². The molecule has 1 N–H and O–H groups in total. The number of rotatable bonds is 13. The topological polar surface area (TPSA) is 80.7 Å². The minimum Gasteiger partial charge on any atom is -0.462 e. The molecule has 160 valence electrons. The lowest BCUT2D eigenvalue weighted by Crippen LogP contribution is -2.41. The Kier molecular flexibility index (Phi) is 10.9. The van der Waals surface area contributed by atoms with Crippen molar-refractivity contribution in [3.05, 3.63) is 0 Å². The molecule has 0 bridgehead atoms. The lowest BCUT2D eigenvalue weighted by molar-refractivity contribution is -0.890. The van der Waals surface area contributed by atoms with E-state index < -0.39 is 15.4 Å². The number of hydrogen-bond acceptors (Lipinski definition) is 4. The van der Waals surface area contributed by atoms with Gasteiger partial charge in [-0.3, -0.25) is 9.35 Å². The Bertz CT molecular complexity index is 524. The number of esters is 1. The maximum atomic E-state index is 12.0. The number of hydrogen-bond donors (Lipinski definition) is 1. The average Bonchev–Trinajstić information content (AvgIpc) is 2.57. The Hall–Kier alpha value is -0.660. The van der Waals surface area contributed by atoms with Gasteiger partial charge < -0.3 is 9.22 Å². The summed E-state index contributed by atoms with van der Waals surface area (Å²) in [4.78, 5) is 12.0. The molecule has 1 rings (SSSR count). The summed E-state index contributed by atoms with van der Waals surface area (Å²) >= 11 is 0. The smallest absolute Gasteiger partial charge is 0.306 e. The zero-order valence-corrected chi connectivity index (χ0v) is 18.3. The van der Waals surface area contributed by atoms with Gasteiger partial charge in [0.25, 0.3) is 10.1 Å². The number of unbranched alkanes of at least 4 members (excludes halogenated alkanes) is 5. The van der Waals surface area contributed by atoms with E-state index in [1.165, 1.54) is 38.5 Å². The molecule has 0 spiro atoms. The molecule has 1 fully saturated rings. The second-order valence-electron chi connectivity index (χ2n) is 8.66. The normalized spacial score (nSPS) is 21.2. The summed E-state index contributed by atoms with van der Waals surface area (Å²) in [5.41, 5.74) is 0. The molecule has 7 heteroatoms. The number of carbonyl (C=O) groups is 1. The molecular weight excluding hydrogens is 366 g/mol. The Morgan fingerprint density at radius 1 is 0.963 bits per heavy atom. The van der Waals surface area contributed by atoms with Crippen LogP contribution in [0.1, 0.15) is 84.0 Å². The van der Waals surface area contributed by atoms with Gasteiger partial charge in [0.1, 0.15) is 6.10 Å². The second-order valence-corrected chi connectivity index (χ2v) is 10.4. The van der Waals surface area contributed by atoms with Crippen LogP contribution in [0.15, 0.2) is 0 Å². The quantitative estimate of drug-likeness (QED) is 0.217. The van der Waals surface area contributed by atoms with Crippen LogP contribution in [0.5, 0.6) is 0 Å². The predicted molar refractivity (Wildman–Crippen MR) is 108 cm³/mol. The van der Waals surface area contributed by atoms with E-state index in [0.717, 1.165) is 24.0 Å². The highest BCUT2D eigenvalue weighted by atomic mass is 32.2. The monoisotopic (exact) mass is 406 g/mol. The first kappa shape index (κ1) is 24.4. The van der Waals surface area contributed by atoms with Gasteiger partial charge in [-0.15, -0.1) is 0 Å². The molecule has 0 aromatic rings. The standard InChI is InChI=1S/C20H39NO5S/c1-4-5-6-7-8-9-16-21(2,3)17-10-11-20(22)26-18-12-14-19(15-13-18)27(23,24)25/h18-19H,4-17H2,1-3H3/p+1. The lowest BCUT2D eigenvalue weighted by Gasteiger charge is -2.30. The first-order valence-corrected chi connectivity index (χ1v) is 12.1. The molecule has 1 aliphatic carbocycles. The summed E-state index contributed by atoms with van der Waals surface area (Å²) in [6.45, 7) is 4.33.